The quantitative estimate of drug-likeness (QED) is 0.279. The molecule has 5 aromatic rings. The molecule has 2 N–H and O–H groups in total. The van der Waals surface area contributed by atoms with Gasteiger partial charge in [-0.3, -0.25) is 19.7 Å². The number of carbonyl (C=O) groups is 2. The number of fused-ring (bicyclic) bond motifs is 1. The lowest BCUT2D eigenvalue weighted by Gasteiger charge is -2.08. The molecule has 37 heavy (non-hydrogen) atoms. The van der Waals surface area contributed by atoms with Gasteiger partial charge in [-0.05, 0) is 66.2 Å². The van der Waals surface area contributed by atoms with Crippen LogP contribution in [0.4, 0.5) is 14.5 Å². The predicted molar refractivity (Wildman–Crippen MR) is 138 cm³/mol. The highest BCUT2D eigenvalue weighted by Gasteiger charge is 2.14. The number of hydrogen-bond donors (Lipinski definition) is 2. The fourth-order valence-corrected chi connectivity index (χ4v) is 3.96. The van der Waals surface area contributed by atoms with E-state index in [1.54, 1.807) is 42.6 Å². The van der Waals surface area contributed by atoms with E-state index in [0.717, 1.165) is 35.0 Å². The topological polar surface area (TPSA) is 87.7 Å². The summed E-state index contributed by atoms with van der Waals surface area (Å²) in [4.78, 5) is 29.8. The molecule has 5 rings (SSSR count). The number of rotatable bonds is 7. The number of benzene rings is 3. The summed E-state index contributed by atoms with van der Waals surface area (Å²) in [6.07, 6.45) is 5.22. The van der Waals surface area contributed by atoms with Crippen LogP contribution in [0.3, 0.4) is 0 Å². The maximum Gasteiger partial charge on any atom is 0.228 e. The summed E-state index contributed by atoms with van der Waals surface area (Å²) in [7, 11) is 0. The smallest absolute Gasteiger partial charge is 0.228 e. The van der Waals surface area contributed by atoms with Crippen molar-refractivity contribution >= 4 is 40.4 Å². The molecule has 2 heterocycles. The SMILES string of the molecule is O=C(Cc1cc(F)cc(F)c1)Nc1cccc(C(=O)c2ccc3c(/C=C/c4ccccn4)n[nH]c3c2)c1. The first-order chi connectivity index (χ1) is 17.9. The number of pyridine rings is 1. The lowest BCUT2D eigenvalue weighted by atomic mass is 10.0. The summed E-state index contributed by atoms with van der Waals surface area (Å²) in [6, 6.07) is 20.4. The zero-order valence-electron chi connectivity index (χ0n) is 19.4. The molecule has 0 saturated carbocycles. The minimum absolute atomic E-state index is 0.208. The Kier molecular flexibility index (Phi) is 6.63. The zero-order chi connectivity index (χ0) is 25.8. The Bertz CT molecular complexity index is 1620. The molecule has 8 heteroatoms. The van der Waals surface area contributed by atoms with Gasteiger partial charge in [0, 0.05) is 34.5 Å². The van der Waals surface area contributed by atoms with Crippen LogP contribution in [0.25, 0.3) is 23.1 Å². The van der Waals surface area contributed by atoms with Crippen LogP contribution < -0.4 is 5.32 Å². The van der Waals surface area contributed by atoms with Crippen molar-refractivity contribution in [2.75, 3.05) is 5.32 Å². The summed E-state index contributed by atoms with van der Waals surface area (Å²) in [5, 5.41) is 10.8. The van der Waals surface area contributed by atoms with Crippen molar-refractivity contribution in [1.29, 1.82) is 0 Å². The second-order valence-electron chi connectivity index (χ2n) is 8.37. The number of halogens is 2. The molecule has 1 amide bonds. The van der Waals surface area contributed by atoms with Gasteiger partial charge in [-0.25, -0.2) is 8.78 Å². The second kappa shape index (κ2) is 10.3. The number of amides is 1. The Hall–Kier alpha value is -4.98. The Labute approximate surface area is 210 Å². The molecular formula is C29H20F2N4O2. The van der Waals surface area contributed by atoms with E-state index in [2.05, 4.69) is 20.5 Å². The van der Waals surface area contributed by atoms with Crippen LogP contribution in [0.15, 0.2) is 85.1 Å². The first-order valence-electron chi connectivity index (χ1n) is 11.4. The van der Waals surface area contributed by atoms with Gasteiger partial charge in [-0.2, -0.15) is 5.10 Å². The van der Waals surface area contributed by atoms with E-state index >= 15 is 0 Å². The third-order valence-corrected chi connectivity index (χ3v) is 5.65. The average Bonchev–Trinajstić information content (AvgIpc) is 3.29. The van der Waals surface area contributed by atoms with Crippen molar-refractivity contribution in [3.05, 3.63) is 125 Å². The lowest BCUT2D eigenvalue weighted by Crippen LogP contribution is -2.15. The Morgan fingerprint density at radius 1 is 0.865 bits per heavy atom. The Morgan fingerprint density at radius 2 is 1.68 bits per heavy atom. The molecule has 182 valence electrons. The largest absolute Gasteiger partial charge is 0.326 e. The highest BCUT2D eigenvalue weighted by molar-refractivity contribution is 6.11. The molecule has 0 atom stereocenters. The normalized spacial score (nSPS) is 11.2. The van der Waals surface area contributed by atoms with Gasteiger partial charge >= 0.3 is 0 Å². The molecule has 0 bridgehead atoms. The van der Waals surface area contributed by atoms with Crippen molar-refractivity contribution < 1.29 is 18.4 Å². The fraction of sp³-hybridized carbons (Fsp3) is 0.0345. The standard InChI is InChI=1S/C29H20F2N4O2/c30-21-12-18(13-22(31)17-21)14-28(36)33-24-6-3-4-19(15-24)29(37)20-7-9-25-26(34-35-27(25)16-20)10-8-23-5-1-2-11-32-23/h1-13,15-17H,14H2,(H,33,36)(H,34,35)/b10-8+. The molecule has 0 saturated heterocycles. The zero-order valence-corrected chi connectivity index (χ0v) is 19.4. The van der Waals surface area contributed by atoms with E-state index in [0.29, 0.717) is 22.3 Å². The van der Waals surface area contributed by atoms with Crippen LogP contribution >= 0.6 is 0 Å². The van der Waals surface area contributed by atoms with Crippen LogP contribution in [-0.4, -0.2) is 26.9 Å². The van der Waals surface area contributed by atoms with Crippen molar-refractivity contribution in [2.24, 2.45) is 0 Å². The van der Waals surface area contributed by atoms with Crippen LogP contribution in [-0.2, 0) is 11.2 Å². The van der Waals surface area contributed by atoms with Crippen molar-refractivity contribution in [3.8, 4) is 0 Å². The van der Waals surface area contributed by atoms with Crippen LogP contribution in [0.1, 0.15) is 32.9 Å². The molecule has 0 fully saturated rings. The number of carbonyl (C=O) groups excluding carboxylic acids is 2. The molecule has 0 unspecified atom stereocenters. The number of anilines is 1. The minimum Gasteiger partial charge on any atom is -0.326 e. The Balaban J connectivity index is 1.31. The highest BCUT2D eigenvalue weighted by Crippen LogP contribution is 2.22. The van der Waals surface area contributed by atoms with E-state index < -0.39 is 17.5 Å². The summed E-state index contributed by atoms with van der Waals surface area (Å²) in [5.74, 6) is -2.19. The molecule has 0 aliphatic heterocycles. The maximum absolute atomic E-state index is 13.4. The van der Waals surface area contributed by atoms with E-state index in [-0.39, 0.29) is 17.8 Å². The Morgan fingerprint density at radius 3 is 2.46 bits per heavy atom. The van der Waals surface area contributed by atoms with Gasteiger partial charge < -0.3 is 5.32 Å². The van der Waals surface area contributed by atoms with Crippen LogP contribution in [0, 0.1) is 11.6 Å². The van der Waals surface area contributed by atoms with Crippen molar-refractivity contribution in [3.63, 3.8) is 0 Å². The van der Waals surface area contributed by atoms with Gasteiger partial charge in [0.25, 0.3) is 0 Å². The summed E-state index contributed by atoms with van der Waals surface area (Å²) >= 11 is 0. The molecule has 3 aromatic carbocycles. The van der Waals surface area contributed by atoms with Gasteiger partial charge in [0.05, 0.1) is 23.3 Å². The number of nitrogens with one attached hydrogen (secondary N) is 2. The molecule has 6 nitrogen and oxygen atoms in total. The highest BCUT2D eigenvalue weighted by atomic mass is 19.1. The van der Waals surface area contributed by atoms with E-state index in [4.69, 9.17) is 0 Å². The summed E-state index contributed by atoms with van der Waals surface area (Å²) in [6.45, 7) is 0. The molecule has 0 radical (unpaired) electrons. The van der Waals surface area contributed by atoms with Crippen molar-refractivity contribution in [2.45, 2.75) is 6.42 Å². The summed E-state index contributed by atoms with van der Waals surface area (Å²) in [5.41, 5.74) is 3.68. The average molecular weight is 495 g/mol. The number of aromatic nitrogens is 3. The lowest BCUT2D eigenvalue weighted by molar-refractivity contribution is -0.115. The third-order valence-electron chi connectivity index (χ3n) is 5.65. The third kappa shape index (κ3) is 5.65. The number of nitrogens with zero attached hydrogens (tertiary/aromatic N) is 2. The van der Waals surface area contributed by atoms with Crippen LogP contribution in [0.5, 0.6) is 0 Å². The van der Waals surface area contributed by atoms with Crippen molar-refractivity contribution in [1.82, 2.24) is 15.2 Å². The fourth-order valence-electron chi connectivity index (χ4n) is 3.96. The van der Waals surface area contributed by atoms with Crippen LogP contribution in [0.2, 0.25) is 0 Å². The van der Waals surface area contributed by atoms with E-state index in [9.17, 15) is 18.4 Å². The molecule has 0 aliphatic rings. The van der Waals surface area contributed by atoms with Gasteiger partial charge in [0.2, 0.25) is 5.91 Å². The summed E-state index contributed by atoms with van der Waals surface area (Å²) < 4.78 is 26.8. The molecular weight excluding hydrogens is 474 g/mol. The van der Waals surface area contributed by atoms with Gasteiger partial charge in [0.15, 0.2) is 5.78 Å². The minimum atomic E-state index is -0.749. The molecule has 2 aromatic heterocycles. The number of hydrogen-bond acceptors (Lipinski definition) is 4. The predicted octanol–water partition coefficient (Wildman–Crippen LogP) is 5.82. The van der Waals surface area contributed by atoms with Gasteiger partial charge in [-0.15, -0.1) is 0 Å². The monoisotopic (exact) mass is 494 g/mol. The molecule has 0 spiro atoms. The number of ketones is 1. The maximum atomic E-state index is 13.4. The second-order valence-corrected chi connectivity index (χ2v) is 8.37. The van der Waals surface area contributed by atoms with Gasteiger partial charge in [0.1, 0.15) is 11.6 Å². The molecule has 0 aliphatic carbocycles. The van der Waals surface area contributed by atoms with Gasteiger partial charge in [-0.1, -0.05) is 24.3 Å². The first-order valence-corrected chi connectivity index (χ1v) is 11.4. The number of aromatic amines is 1. The first kappa shape index (κ1) is 23.7. The van der Waals surface area contributed by atoms with E-state index in [1.807, 2.05) is 36.4 Å². The van der Waals surface area contributed by atoms with E-state index in [1.165, 1.54) is 0 Å². The number of H-pyrrole nitrogens is 1.